The predicted molar refractivity (Wildman–Crippen MR) is 50.8 cm³/mol. The minimum atomic E-state index is -0.160. The molecule has 0 spiro atoms. The molecule has 1 aliphatic heterocycles. The maximum Gasteiger partial charge on any atom is 0.123 e. The fourth-order valence-electron chi connectivity index (χ4n) is 1.70. The standard InChI is InChI=1S/C11H13FN/c12-10-4-1-3-9(7-10)8-11-5-2-6-13-11/h1,3-4,7-8,11,13H,2,5-6H2/t11-/m1/s1. The second-order valence-electron chi connectivity index (χ2n) is 3.42. The molecule has 0 aliphatic carbocycles. The normalized spacial score (nSPS) is 22.1. The van der Waals surface area contributed by atoms with Gasteiger partial charge >= 0.3 is 0 Å². The van der Waals surface area contributed by atoms with Crippen molar-refractivity contribution in [2.45, 2.75) is 18.9 Å². The maximum absolute atomic E-state index is 12.8. The molecule has 0 unspecified atom stereocenters. The first-order chi connectivity index (χ1) is 6.34. The van der Waals surface area contributed by atoms with Gasteiger partial charge in [0, 0.05) is 12.5 Å². The summed E-state index contributed by atoms with van der Waals surface area (Å²) >= 11 is 0. The van der Waals surface area contributed by atoms with E-state index in [0.29, 0.717) is 6.04 Å². The van der Waals surface area contributed by atoms with Crippen LogP contribution in [-0.4, -0.2) is 12.6 Å². The highest BCUT2D eigenvalue weighted by molar-refractivity contribution is 5.25. The SMILES string of the molecule is Fc1cccc([CH][C@H]2CCCN2)c1. The van der Waals surface area contributed by atoms with E-state index >= 15 is 0 Å². The topological polar surface area (TPSA) is 12.0 Å². The first-order valence-electron chi connectivity index (χ1n) is 4.68. The minimum absolute atomic E-state index is 0.160. The Kier molecular flexibility index (Phi) is 2.60. The van der Waals surface area contributed by atoms with Crippen LogP contribution in [0.1, 0.15) is 18.4 Å². The van der Waals surface area contributed by atoms with Crippen molar-refractivity contribution < 1.29 is 4.39 Å². The van der Waals surface area contributed by atoms with E-state index < -0.39 is 0 Å². The van der Waals surface area contributed by atoms with Gasteiger partial charge in [-0.1, -0.05) is 12.1 Å². The van der Waals surface area contributed by atoms with E-state index in [1.165, 1.54) is 12.5 Å². The van der Waals surface area contributed by atoms with Crippen LogP contribution in [0.25, 0.3) is 0 Å². The van der Waals surface area contributed by atoms with Crippen molar-refractivity contribution in [1.82, 2.24) is 5.32 Å². The van der Waals surface area contributed by atoms with Crippen LogP contribution >= 0.6 is 0 Å². The van der Waals surface area contributed by atoms with E-state index in [1.54, 1.807) is 12.1 Å². The van der Waals surface area contributed by atoms with E-state index in [-0.39, 0.29) is 5.82 Å². The molecule has 69 valence electrons. The van der Waals surface area contributed by atoms with Crippen molar-refractivity contribution in [3.05, 3.63) is 42.1 Å². The summed E-state index contributed by atoms with van der Waals surface area (Å²) in [5, 5.41) is 3.35. The van der Waals surface area contributed by atoms with E-state index in [4.69, 9.17) is 0 Å². The van der Waals surface area contributed by atoms with Crippen molar-refractivity contribution in [3.63, 3.8) is 0 Å². The molecule has 0 saturated carbocycles. The lowest BCUT2D eigenvalue weighted by molar-refractivity contribution is 0.624. The minimum Gasteiger partial charge on any atom is -0.313 e. The van der Waals surface area contributed by atoms with Gasteiger partial charge in [0.1, 0.15) is 5.82 Å². The Labute approximate surface area is 78.0 Å². The molecule has 1 radical (unpaired) electrons. The summed E-state index contributed by atoms with van der Waals surface area (Å²) in [5.41, 5.74) is 0.972. The molecule has 1 nitrogen and oxygen atoms in total. The molecule has 13 heavy (non-hydrogen) atoms. The second kappa shape index (κ2) is 3.88. The zero-order valence-electron chi connectivity index (χ0n) is 7.46. The molecule has 1 aliphatic rings. The van der Waals surface area contributed by atoms with E-state index in [9.17, 15) is 4.39 Å². The summed E-state index contributed by atoms with van der Waals surface area (Å²) in [6.07, 6.45) is 4.48. The Morgan fingerprint density at radius 2 is 2.38 bits per heavy atom. The molecular weight excluding hydrogens is 165 g/mol. The molecule has 1 aromatic rings. The van der Waals surface area contributed by atoms with Crippen molar-refractivity contribution in [3.8, 4) is 0 Å². The van der Waals surface area contributed by atoms with Gasteiger partial charge in [-0.2, -0.15) is 0 Å². The van der Waals surface area contributed by atoms with Crippen molar-refractivity contribution in [2.24, 2.45) is 0 Å². The molecule has 1 saturated heterocycles. The van der Waals surface area contributed by atoms with Gasteiger partial charge in [0.25, 0.3) is 0 Å². The molecule has 2 heteroatoms. The Hall–Kier alpha value is -0.890. The van der Waals surface area contributed by atoms with Crippen LogP contribution < -0.4 is 5.32 Å². The number of hydrogen-bond donors (Lipinski definition) is 1. The van der Waals surface area contributed by atoms with Gasteiger partial charge in [0.15, 0.2) is 0 Å². The largest absolute Gasteiger partial charge is 0.313 e. The van der Waals surface area contributed by atoms with Crippen LogP contribution in [0.15, 0.2) is 24.3 Å². The third-order valence-electron chi connectivity index (χ3n) is 2.34. The van der Waals surface area contributed by atoms with Gasteiger partial charge in [-0.05, 0) is 37.1 Å². The number of rotatable bonds is 2. The van der Waals surface area contributed by atoms with Gasteiger partial charge in [0.2, 0.25) is 0 Å². The van der Waals surface area contributed by atoms with Gasteiger partial charge in [-0.25, -0.2) is 4.39 Å². The van der Waals surface area contributed by atoms with E-state index in [0.717, 1.165) is 18.5 Å². The summed E-state index contributed by atoms with van der Waals surface area (Å²) < 4.78 is 12.8. The zero-order valence-corrected chi connectivity index (χ0v) is 7.46. The highest BCUT2D eigenvalue weighted by Crippen LogP contribution is 2.14. The first-order valence-corrected chi connectivity index (χ1v) is 4.68. The molecule has 2 rings (SSSR count). The lowest BCUT2D eigenvalue weighted by Crippen LogP contribution is -2.21. The highest BCUT2D eigenvalue weighted by Gasteiger charge is 2.14. The van der Waals surface area contributed by atoms with Crippen LogP contribution in [-0.2, 0) is 0 Å². The van der Waals surface area contributed by atoms with Crippen molar-refractivity contribution >= 4 is 0 Å². The first kappa shape index (κ1) is 8.70. The lowest BCUT2D eigenvalue weighted by Gasteiger charge is -2.08. The monoisotopic (exact) mass is 178 g/mol. The number of benzene rings is 1. The van der Waals surface area contributed by atoms with Crippen LogP contribution in [0, 0.1) is 12.2 Å². The fourth-order valence-corrected chi connectivity index (χ4v) is 1.70. The van der Waals surface area contributed by atoms with Gasteiger partial charge in [-0.15, -0.1) is 0 Å². The molecule has 1 fully saturated rings. The molecule has 0 amide bonds. The summed E-state index contributed by atoms with van der Waals surface area (Å²) in [5.74, 6) is -0.160. The van der Waals surface area contributed by atoms with Gasteiger partial charge in [0.05, 0.1) is 0 Å². The molecule has 1 heterocycles. The summed E-state index contributed by atoms with van der Waals surface area (Å²) in [4.78, 5) is 0. The van der Waals surface area contributed by atoms with Gasteiger partial charge < -0.3 is 5.32 Å². The summed E-state index contributed by atoms with van der Waals surface area (Å²) in [7, 11) is 0. The number of hydrogen-bond acceptors (Lipinski definition) is 1. The molecule has 1 aromatic carbocycles. The van der Waals surface area contributed by atoms with Crippen LogP contribution in [0.4, 0.5) is 4.39 Å². The Balaban J connectivity index is 2.00. The molecule has 1 atom stereocenters. The van der Waals surface area contributed by atoms with Crippen molar-refractivity contribution in [1.29, 1.82) is 0 Å². The third kappa shape index (κ3) is 2.28. The van der Waals surface area contributed by atoms with Crippen LogP contribution in [0.2, 0.25) is 0 Å². The molecule has 0 aromatic heterocycles. The van der Waals surface area contributed by atoms with Gasteiger partial charge in [-0.3, -0.25) is 0 Å². The lowest BCUT2D eigenvalue weighted by atomic mass is 10.0. The zero-order chi connectivity index (χ0) is 9.10. The summed E-state index contributed by atoms with van der Waals surface area (Å²) in [6.45, 7) is 1.08. The van der Waals surface area contributed by atoms with Crippen LogP contribution in [0.5, 0.6) is 0 Å². The Bertz CT molecular complexity index is 279. The van der Waals surface area contributed by atoms with Crippen molar-refractivity contribution in [2.75, 3.05) is 6.54 Å². The van der Waals surface area contributed by atoms with E-state index in [1.807, 2.05) is 6.07 Å². The third-order valence-corrected chi connectivity index (χ3v) is 2.34. The maximum atomic E-state index is 12.8. The molecule has 0 bridgehead atoms. The fraction of sp³-hybridized carbons (Fsp3) is 0.364. The Morgan fingerprint density at radius 1 is 1.46 bits per heavy atom. The summed E-state index contributed by atoms with van der Waals surface area (Å²) in [6, 6.07) is 7.15. The molecule has 1 N–H and O–H groups in total. The average Bonchev–Trinajstić information content (AvgIpc) is 2.57. The smallest absolute Gasteiger partial charge is 0.123 e. The number of nitrogens with one attached hydrogen (secondary N) is 1. The average molecular weight is 178 g/mol. The second-order valence-corrected chi connectivity index (χ2v) is 3.42. The number of halogens is 1. The quantitative estimate of drug-likeness (QED) is 0.731. The molecular formula is C11H13FN. The van der Waals surface area contributed by atoms with Crippen LogP contribution in [0.3, 0.4) is 0 Å². The predicted octanol–water partition coefficient (Wildman–Crippen LogP) is 2.13. The Morgan fingerprint density at radius 3 is 3.08 bits per heavy atom. The highest BCUT2D eigenvalue weighted by atomic mass is 19.1. The van der Waals surface area contributed by atoms with E-state index in [2.05, 4.69) is 11.7 Å².